The average Bonchev–Trinajstić information content (AvgIpc) is 2.54. The molecule has 2 N–H and O–H groups in total. The van der Waals surface area contributed by atoms with Crippen molar-refractivity contribution in [2.24, 2.45) is 0 Å². The van der Waals surface area contributed by atoms with Crippen LogP contribution in [0.2, 0.25) is 0 Å². The van der Waals surface area contributed by atoms with E-state index in [1.807, 2.05) is 0 Å². The molecule has 1 aromatic rings. The number of nitro groups is 1. The first-order chi connectivity index (χ1) is 7.99. The van der Waals surface area contributed by atoms with Gasteiger partial charge in [-0.05, 0) is 6.07 Å². The van der Waals surface area contributed by atoms with E-state index in [4.69, 9.17) is 5.11 Å². The van der Waals surface area contributed by atoms with Gasteiger partial charge in [0.15, 0.2) is 0 Å². The summed E-state index contributed by atoms with van der Waals surface area (Å²) in [7, 11) is 0. The van der Waals surface area contributed by atoms with Crippen LogP contribution in [0.1, 0.15) is 5.56 Å². The van der Waals surface area contributed by atoms with Crippen LogP contribution in [0.4, 0.5) is 11.4 Å². The lowest BCUT2D eigenvalue weighted by molar-refractivity contribution is -0.384. The van der Waals surface area contributed by atoms with Gasteiger partial charge in [0.2, 0.25) is 0 Å². The first kappa shape index (κ1) is 10.8. The highest BCUT2D eigenvalue weighted by Gasteiger charge is 2.26. The summed E-state index contributed by atoms with van der Waals surface area (Å²) in [4.78, 5) is 31.9. The molecule has 0 atom stereocenters. The Labute approximate surface area is 94.5 Å². The number of non-ortho nitro benzene ring substituents is 1. The van der Waals surface area contributed by atoms with Crippen LogP contribution in [0.25, 0.3) is 5.57 Å². The number of carbonyl (C=O) groups is 2. The molecule has 17 heavy (non-hydrogen) atoms. The molecule has 7 heteroatoms. The van der Waals surface area contributed by atoms with Crippen molar-refractivity contribution in [3.05, 3.63) is 40.0 Å². The number of fused-ring (bicyclic) bond motifs is 1. The highest BCUT2D eigenvalue weighted by molar-refractivity contribution is 6.33. The van der Waals surface area contributed by atoms with Crippen LogP contribution in [-0.2, 0) is 9.59 Å². The molecule has 1 aliphatic heterocycles. The molecule has 0 aromatic heterocycles. The maximum absolute atomic E-state index is 11.4. The van der Waals surface area contributed by atoms with E-state index in [0.717, 1.165) is 6.08 Å². The molecule has 0 saturated heterocycles. The second-order valence-electron chi connectivity index (χ2n) is 3.34. The average molecular weight is 234 g/mol. The summed E-state index contributed by atoms with van der Waals surface area (Å²) in [6.07, 6.45) is 0.727. The predicted octanol–water partition coefficient (Wildman–Crippen LogP) is 1.01. The number of carboxylic acids is 1. The van der Waals surface area contributed by atoms with Crippen molar-refractivity contribution in [2.75, 3.05) is 5.32 Å². The zero-order valence-corrected chi connectivity index (χ0v) is 8.34. The minimum absolute atomic E-state index is 0.0869. The molecule has 86 valence electrons. The van der Waals surface area contributed by atoms with E-state index in [1.165, 1.54) is 18.2 Å². The van der Waals surface area contributed by atoms with Gasteiger partial charge < -0.3 is 10.4 Å². The van der Waals surface area contributed by atoms with Gasteiger partial charge in [0, 0.05) is 29.5 Å². The van der Waals surface area contributed by atoms with Gasteiger partial charge in [-0.1, -0.05) is 0 Å². The van der Waals surface area contributed by atoms with E-state index in [1.54, 1.807) is 0 Å². The van der Waals surface area contributed by atoms with Crippen molar-refractivity contribution in [1.29, 1.82) is 0 Å². The van der Waals surface area contributed by atoms with Crippen LogP contribution in [0.15, 0.2) is 24.3 Å². The van der Waals surface area contributed by atoms with Crippen molar-refractivity contribution < 1.29 is 19.6 Å². The second-order valence-corrected chi connectivity index (χ2v) is 3.34. The molecule has 0 bridgehead atoms. The standard InChI is InChI=1S/C10H6N2O5/c13-9(14)4-7-6-3-5(12(16)17)1-2-8(6)11-10(7)15/h1-4H,(H,11,15)(H,13,14). The monoisotopic (exact) mass is 234 g/mol. The van der Waals surface area contributed by atoms with Crippen molar-refractivity contribution in [2.45, 2.75) is 0 Å². The van der Waals surface area contributed by atoms with E-state index in [9.17, 15) is 19.7 Å². The van der Waals surface area contributed by atoms with Crippen LogP contribution in [0.5, 0.6) is 0 Å². The summed E-state index contributed by atoms with van der Waals surface area (Å²) in [5.74, 6) is -1.86. The number of carboxylic acid groups (broad SMARTS) is 1. The molecule has 1 aliphatic rings. The maximum Gasteiger partial charge on any atom is 0.329 e. The molecule has 1 amide bonds. The molecule has 1 aromatic carbocycles. The summed E-state index contributed by atoms with van der Waals surface area (Å²) in [5, 5.41) is 21.6. The number of nitrogens with zero attached hydrogens (tertiary/aromatic N) is 1. The first-order valence-electron chi connectivity index (χ1n) is 4.54. The number of hydrogen-bond acceptors (Lipinski definition) is 4. The van der Waals surface area contributed by atoms with Gasteiger partial charge in [0.25, 0.3) is 11.6 Å². The predicted molar refractivity (Wildman–Crippen MR) is 57.3 cm³/mol. The lowest BCUT2D eigenvalue weighted by Gasteiger charge is -1.97. The SMILES string of the molecule is O=C(O)C=C1C(=O)Nc2ccc([N+](=O)[O-])cc21. The topological polar surface area (TPSA) is 110 Å². The maximum atomic E-state index is 11.4. The highest BCUT2D eigenvalue weighted by Crippen LogP contribution is 2.34. The van der Waals surface area contributed by atoms with E-state index in [-0.39, 0.29) is 16.8 Å². The van der Waals surface area contributed by atoms with Crippen LogP contribution >= 0.6 is 0 Å². The van der Waals surface area contributed by atoms with Gasteiger partial charge >= 0.3 is 5.97 Å². The van der Waals surface area contributed by atoms with Gasteiger partial charge in [-0.2, -0.15) is 0 Å². The van der Waals surface area contributed by atoms with Gasteiger partial charge in [-0.15, -0.1) is 0 Å². The summed E-state index contributed by atoms with van der Waals surface area (Å²) in [5.41, 5.74) is 0.312. The Morgan fingerprint density at radius 2 is 2.18 bits per heavy atom. The van der Waals surface area contributed by atoms with Crippen LogP contribution in [-0.4, -0.2) is 21.9 Å². The third kappa shape index (κ3) is 1.85. The number of rotatable bonds is 2. The van der Waals surface area contributed by atoms with Crippen LogP contribution in [0.3, 0.4) is 0 Å². The molecule has 0 unspecified atom stereocenters. The molecule has 7 nitrogen and oxygen atoms in total. The summed E-state index contributed by atoms with van der Waals surface area (Å²) < 4.78 is 0. The Morgan fingerprint density at radius 1 is 1.47 bits per heavy atom. The molecule has 0 spiro atoms. The normalized spacial score (nSPS) is 15.5. The fraction of sp³-hybridized carbons (Fsp3) is 0. The minimum Gasteiger partial charge on any atom is -0.478 e. The fourth-order valence-corrected chi connectivity index (χ4v) is 1.56. The number of amides is 1. The van der Waals surface area contributed by atoms with Crippen LogP contribution in [0, 0.1) is 10.1 Å². The lowest BCUT2D eigenvalue weighted by Crippen LogP contribution is -2.05. The largest absolute Gasteiger partial charge is 0.478 e. The van der Waals surface area contributed by atoms with E-state index in [2.05, 4.69) is 5.32 Å². The third-order valence-electron chi connectivity index (χ3n) is 2.26. The Bertz CT molecular complexity index is 576. The quantitative estimate of drug-likeness (QED) is 0.451. The minimum atomic E-state index is -1.28. The van der Waals surface area contributed by atoms with E-state index >= 15 is 0 Å². The number of nitro benzene ring substituents is 1. The van der Waals surface area contributed by atoms with Gasteiger partial charge in [-0.3, -0.25) is 14.9 Å². The molecular weight excluding hydrogens is 228 g/mol. The van der Waals surface area contributed by atoms with Gasteiger partial charge in [0.1, 0.15) is 0 Å². The molecule has 0 saturated carbocycles. The lowest BCUT2D eigenvalue weighted by atomic mass is 10.1. The summed E-state index contributed by atoms with van der Waals surface area (Å²) >= 11 is 0. The number of benzene rings is 1. The van der Waals surface area contributed by atoms with Crippen LogP contribution < -0.4 is 5.32 Å². The van der Waals surface area contributed by atoms with Crippen molar-refractivity contribution >= 4 is 28.8 Å². The Morgan fingerprint density at radius 3 is 2.76 bits per heavy atom. The summed E-state index contributed by atoms with van der Waals surface area (Å²) in [6, 6.07) is 3.78. The number of nitrogens with one attached hydrogen (secondary N) is 1. The van der Waals surface area contributed by atoms with Crippen molar-refractivity contribution in [3.63, 3.8) is 0 Å². The first-order valence-corrected chi connectivity index (χ1v) is 4.54. The van der Waals surface area contributed by atoms with E-state index in [0.29, 0.717) is 5.69 Å². The second kappa shape index (κ2) is 3.71. The zero-order chi connectivity index (χ0) is 12.6. The third-order valence-corrected chi connectivity index (χ3v) is 2.26. The molecule has 1 heterocycles. The molecule has 2 rings (SSSR count). The van der Waals surface area contributed by atoms with Gasteiger partial charge in [-0.25, -0.2) is 4.79 Å². The Balaban J connectivity index is 2.58. The number of aliphatic carboxylic acids is 1. The van der Waals surface area contributed by atoms with Crippen molar-refractivity contribution in [1.82, 2.24) is 0 Å². The number of carbonyl (C=O) groups excluding carboxylic acids is 1. The molecule has 0 radical (unpaired) electrons. The van der Waals surface area contributed by atoms with Gasteiger partial charge in [0.05, 0.1) is 10.5 Å². The van der Waals surface area contributed by atoms with E-state index < -0.39 is 16.8 Å². The zero-order valence-electron chi connectivity index (χ0n) is 8.34. The summed E-state index contributed by atoms with van der Waals surface area (Å²) in [6.45, 7) is 0. The smallest absolute Gasteiger partial charge is 0.329 e. The fourth-order valence-electron chi connectivity index (χ4n) is 1.56. The Kier molecular flexibility index (Phi) is 2.36. The number of hydrogen-bond donors (Lipinski definition) is 2. The molecule has 0 fully saturated rings. The molecule has 0 aliphatic carbocycles. The van der Waals surface area contributed by atoms with Crippen molar-refractivity contribution in [3.8, 4) is 0 Å². The number of anilines is 1. The molecular formula is C10H6N2O5. The Hall–Kier alpha value is -2.70. The highest BCUT2D eigenvalue weighted by atomic mass is 16.6.